The van der Waals surface area contributed by atoms with Crippen LogP contribution in [-0.4, -0.2) is 11.5 Å². The van der Waals surface area contributed by atoms with Crippen LogP contribution in [0.1, 0.15) is 48.3 Å². The molecule has 0 N–H and O–H groups in total. The fraction of sp³-hybridized carbons (Fsp3) is 0.429. The maximum Gasteiger partial charge on any atom is 0.0175 e. The van der Waals surface area contributed by atoms with Crippen molar-refractivity contribution >= 4 is 27.7 Å². The van der Waals surface area contributed by atoms with Crippen molar-refractivity contribution in [2.45, 2.75) is 38.5 Å². The molecule has 0 spiro atoms. The molecular weight excluding hydrogens is 364 g/mol. The molecular formula is C21H25BrS. The lowest BCUT2D eigenvalue weighted by Crippen LogP contribution is -2.12. The summed E-state index contributed by atoms with van der Waals surface area (Å²) in [6.45, 7) is 2.25. The molecule has 122 valence electrons. The van der Waals surface area contributed by atoms with Crippen molar-refractivity contribution in [2.24, 2.45) is 5.92 Å². The van der Waals surface area contributed by atoms with Gasteiger partial charge in [-0.3, -0.25) is 0 Å². The van der Waals surface area contributed by atoms with Gasteiger partial charge in [0, 0.05) is 10.4 Å². The standard InChI is InChI=1S/C21H25BrS/c1-16-4-2-3-5-20(16)21(18-7-9-19(22)10-8-18)11-6-17-12-14-23-15-13-17/h2-5,7-10,17,21H,6,11-15H2,1H3. The lowest BCUT2D eigenvalue weighted by molar-refractivity contribution is 0.427. The predicted molar refractivity (Wildman–Crippen MR) is 106 cm³/mol. The van der Waals surface area contributed by atoms with E-state index in [0.29, 0.717) is 5.92 Å². The Kier molecular flexibility index (Phi) is 6.24. The minimum absolute atomic E-state index is 0.527. The van der Waals surface area contributed by atoms with Crippen LogP contribution in [0.5, 0.6) is 0 Å². The van der Waals surface area contributed by atoms with Crippen LogP contribution < -0.4 is 0 Å². The Morgan fingerprint density at radius 1 is 1.04 bits per heavy atom. The molecule has 1 saturated heterocycles. The second kappa shape index (κ2) is 8.39. The van der Waals surface area contributed by atoms with E-state index >= 15 is 0 Å². The molecule has 2 aromatic carbocycles. The lowest BCUT2D eigenvalue weighted by Gasteiger charge is -2.25. The summed E-state index contributed by atoms with van der Waals surface area (Å²) in [6, 6.07) is 17.8. The normalized spacial score (nSPS) is 17.1. The highest BCUT2D eigenvalue weighted by Gasteiger charge is 2.20. The maximum atomic E-state index is 3.56. The highest BCUT2D eigenvalue weighted by atomic mass is 79.9. The topological polar surface area (TPSA) is 0 Å². The van der Waals surface area contributed by atoms with Gasteiger partial charge in [0.05, 0.1) is 0 Å². The fourth-order valence-electron chi connectivity index (χ4n) is 3.61. The first-order chi connectivity index (χ1) is 11.2. The van der Waals surface area contributed by atoms with E-state index in [4.69, 9.17) is 0 Å². The molecule has 23 heavy (non-hydrogen) atoms. The number of benzene rings is 2. The number of rotatable bonds is 5. The second-order valence-corrected chi connectivity index (χ2v) is 8.73. The summed E-state index contributed by atoms with van der Waals surface area (Å²) in [4.78, 5) is 0. The molecule has 3 rings (SSSR count). The molecule has 1 fully saturated rings. The van der Waals surface area contributed by atoms with Crippen molar-refractivity contribution < 1.29 is 0 Å². The minimum atomic E-state index is 0.527. The van der Waals surface area contributed by atoms with Crippen LogP contribution in [0.3, 0.4) is 0 Å². The third-order valence-corrected chi connectivity index (χ3v) is 6.62. The van der Waals surface area contributed by atoms with Crippen molar-refractivity contribution in [3.05, 3.63) is 69.7 Å². The van der Waals surface area contributed by atoms with Gasteiger partial charge in [-0.15, -0.1) is 0 Å². The van der Waals surface area contributed by atoms with Crippen LogP contribution in [-0.2, 0) is 0 Å². The van der Waals surface area contributed by atoms with Crippen molar-refractivity contribution in [3.8, 4) is 0 Å². The van der Waals surface area contributed by atoms with E-state index in [1.54, 1.807) is 0 Å². The summed E-state index contributed by atoms with van der Waals surface area (Å²) in [5, 5.41) is 0. The zero-order valence-corrected chi connectivity index (χ0v) is 16.2. The predicted octanol–water partition coefficient (Wildman–Crippen LogP) is 6.81. The molecule has 0 aromatic heterocycles. The van der Waals surface area contributed by atoms with Gasteiger partial charge in [-0.1, -0.05) is 52.3 Å². The summed E-state index contributed by atoms with van der Waals surface area (Å²) >= 11 is 5.69. The molecule has 0 radical (unpaired) electrons. The van der Waals surface area contributed by atoms with Gasteiger partial charge in [0.1, 0.15) is 0 Å². The van der Waals surface area contributed by atoms with E-state index < -0.39 is 0 Å². The van der Waals surface area contributed by atoms with Gasteiger partial charge >= 0.3 is 0 Å². The number of hydrogen-bond donors (Lipinski definition) is 0. The Labute approximate surface area is 153 Å². The van der Waals surface area contributed by atoms with Gasteiger partial charge in [0.2, 0.25) is 0 Å². The monoisotopic (exact) mass is 388 g/mol. The van der Waals surface area contributed by atoms with E-state index in [1.165, 1.54) is 53.9 Å². The molecule has 0 nitrogen and oxygen atoms in total. The first kappa shape index (κ1) is 17.1. The Hall–Kier alpha value is -0.730. The first-order valence-corrected chi connectivity index (χ1v) is 10.6. The van der Waals surface area contributed by atoms with E-state index in [2.05, 4.69) is 83.1 Å². The number of thioether (sulfide) groups is 1. The molecule has 0 saturated carbocycles. The minimum Gasteiger partial charge on any atom is -0.162 e. The fourth-order valence-corrected chi connectivity index (χ4v) is 5.08. The Bertz CT molecular complexity index is 614. The molecule has 1 unspecified atom stereocenters. The van der Waals surface area contributed by atoms with Crippen molar-refractivity contribution in [3.63, 3.8) is 0 Å². The quantitative estimate of drug-likeness (QED) is 0.541. The summed E-state index contributed by atoms with van der Waals surface area (Å²) in [7, 11) is 0. The molecule has 0 aliphatic carbocycles. The van der Waals surface area contributed by atoms with Crippen LogP contribution in [0.25, 0.3) is 0 Å². The van der Waals surface area contributed by atoms with Crippen molar-refractivity contribution in [2.75, 3.05) is 11.5 Å². The maximum absolute atomic E-state index is 3.56. The number of aryl methyl sites for hydroxylation is 1. The van der Waals surface area contributed by atoms with E-state index in [1.807, 2.05) is 0 Å². The summed E-state index contributed by atoms with van der Waals surface area (Å²) < 4.78 is 1.16. The summed E-state index contributed by atoms with van der Waals surface area (Å²) in [5.74, 6) is 4.17. The largest absolute Gasteiger partial charge is 0.162 e. The molecule has 0 bridgehead atoms. The third kappa shape index (κ3) is 4.64. The number of halogens is 1. The molecule has 2 heteroatoms. The molecule has 1 atom stereocenters. The first-order valence-electron chi connectivity index (χ1n) is 8.63. The van der Waals surface area contributed by atoms with Gasteiger partial charge < -0.3 is 0 Å². The van der Waals surface area contributed by atoms with E-state index in [0.717, 1.165) is 10.4 Å². The van der Waals surface area contributed by atoms with Gasteiger partial charge in [0.25, 0.3) is 0 Å². The highest BCUT2D eigenvalue weighted by molar-refractivity contribution is 9.10. The summed E-state index contributed by atoms with van der Waals surface area (Å²) in [6.07, 6.45) is 5.44. The number of hydrogen-bond acceptors (Lipinski definition) is 1. The second-order valence-electron chi connectivity index (χ2n) is 6.59. The van der Waals surface area contributed by atoms with Crippen LogP contribution in [0.2, 0.25) is 0 Å². The van der Waals surface area contributed by atoms with Crippen molar-refractivity contribution in [1.29, 1.82) is 0 Å². The zero-order chi connectivity index (χ0) is 16.1. The highest BCUT2D eigenvalue weighted by Crippen LogP contribution is 2.35. The smallest absolute Gasteiger partial charge is 0.0175 e. The Morgan fingerprint density at radius 3 is 2.43 bits per heavy atom. The van der Waals surface area contributed by atoms with Crippen LogP contribution in [0.15, 0.2) is 53.0 Å². The van der Waals surface area contributed by atoms with Crippen LogP contribution in [0, 0.1) is 12.8 Å². The molecule has 1 aliphatic rings. The van der Waals surface area contributed by atoms with Crippen LogP contribution in [0.4, 0.5) is 0 Å². The van der Waals surface area contributed by atoms with Crippen molar-refractivity contribution in [1.82, 2.24) is 0 Å². The van der Waals surface area contributed by atoms with E-state index in [9.17, 15) is 0 Å². The van der Waals surface area contributed by atoms with Crippen LogP contribution >= 0.6 is 27.7 Å². The van der Waals surface area contributed by atoms with E-state index in [-0.39, 0.29) is 0 Å². The summed E-state index contributed by atoms with van der Waals surface area (Å²) in [5.41, 5.74) is 4.37. The van der Waals surface area contributed by atoms with Gasteiger partial charge in [0.15, 0.2) is 0 Å². The Balaban J connectivity index is 1.81. The molecule has 1 heterocycles. The van der Waals surface area contributed by atoms with Gasteiger partial charge in [-0.25, -0.2) is 0 Å². The SMILES string of the molecule is Cc1ccccc1C(CCC1CCSCC1)c1ccc(Br)cc1. The average Bonchev–Trinajstić information content (AvgIpc) is 2.59. The third-order valence-electron chi connectivity index (χ3n) is 5.04. The Morgan fingerprint density at radius 2 is 1.74 bits per heavy atom. The average molecular weight is 389 g/mol. The van der Waals surface area contributed by atoms with Gasteiger partial charge in [-0.05, 0) is 78.9 Å². The van der Waals surface area contributed by atoms with Gasteiger partial charge in [-0.2, -0.15) is 11.8 Å². The molecule has 2 aromatic rings. The molecule has 1 aliphatic heterocycles. The lowest BCUT2D eigenvalue weighted by atomic mass is 9.82. The molecule has 0 amide bonds. The zero-order valence-electron chi connectivity index (χ0n) is 13.8.